The number of rotatable bonds is 4. The van der Waals surface area contributed by atoms with Crippen molar-refractivity contribution in [2.24, 2.45) is 5.73 Å². The summed E-state index contributed by atoms with van der Waals surface area (Å²) in [6.45, 7) is 3.65. The summed E-state index contributed by atoms with van der Waals surface area (Å²) < 4.78 is 5.81. The molecule has 12 heavy (non-hydrogen) atoms. The van der Waals surface area contributed by atoms with E-state index in [2.05, 4.69) is 22.5 Å². The van der Waals surface area contributed by atoms with E-state index in [-0.39, 0.29) is 6.04 Å². The monoisotopic (exact) mass is 229 g/mol. The Morgan fingerprint density at radius 1 is 1.75 bits per heavy atom. The summed E-state index contributed by atoms with van der Waals surface area (Å²) >= 11 is 3.29. The van der Waals surface area contributed by atoms with Crippen molar-refractivity contribution in [3.8, 4) is 0 Å². The third kappa shape index (κ3) is 2.22. The molecule has 0 aliphatic rings. The smallest absolute Gasteiger partial charge is 0.173 e. The zero-order valence-electron chi connectivity index (χ0n) is 6.79. The van der Waals surface area contributed by atoms with E-state index in [1.807, 2.05) is 12.1 Å². The summed E-state index contributed by atoms with van der Waals surface area (Å²) in [5, 5.41) is 0. The molecule has 1 unspecified atom stereocenters. The molecule has 2 nitrogen and oxygen atoms in total. The van der Waals surface area contributed by atoms with Gasteiger partial charge in [0.15, 0.2) is 4.67 Å². The predicted molar refractivity (Wildman–Crippen MR) is 52.8 cm³/mol. The van der Waals surface area contributed by atoms with Gasteiger partial charge in [-0.25, -0.2) is 0 Å². The van der Waals surface area contributed by atoms with Crippen molar-refractivity contribution in [2.75, 3.05) is 0 Å². The van der Waals surface area contributed by atoms with Gasteiger partial charge in [0, 0.05) is 11.6 Å². The first-order chi connectivity index (χ1) is 5.75. The summed E-state index contributed by atoms with van der Waals surface area (Å²) in [5.74, 6) is 0. The van der Waals surface area contributed by atoms with Crippen molar-refractivity contribution in [3.63, 3.8) is 0 Å². The van der Waals surface area contributed by atoms with Gasteiger partial charge in [0.05, 0.1) is 6.26 Å². The summed E-state index contributed by atoms with van der Waals surface area (Å²) in [6.07, 6.45) is 5.33. The highest BCUT2D eigenvalue weighted by molar-refractivity contribution is 9.10. The van der Waals surface area contributed by atoms with Crippen LogP contribution in [0, 0.1) is 0 Å². The Balaban J connectivity index is 2.58. The van der Waals surface area contributed by atoms with Crippen LogP contribution in [0.15, 0.2) is 34.1 Å². The van der Waals surface area contributed by atoms with Gasteiger partial charge >= 0.3 is 0 Å². The van der Waals surface area contributed by atoms with Crippen LogP contribution in [-0.2, 0) is 0 Å². The Kier molecular flexibility index (Phi) is 3.56. The van der Waals surface area contributed by atoms with E-state index in [0.717, 1.165) is 23.1 Å². The first-order valence-corrected chi connectivity index (χ1v) is 4.64. The lowest BCUT2D eigenvalue weighted by atomic mass is 10.1. The molecule has 0 aromatic carbocycles. The van der Waals surface area contributed by atoms with Crippen LogP contribution in [0.5, 0.6) is 0 Å². The molecule has 2 N–H and O–H groups in total. The fourth-order valence-corrected chi connectivity index (χ4v) is 1.56. The van der Waals surface area contributed by atoms with Crippen molar-refractivity contribution in [1.29, 1.82) is 0 Å². The number of allylic oxidation sites excluding steroid dienone is 1. The zero-order valence-corrected chi connectivity index (χ0v) is 8.38. The van der Waals surface area contributed by atoms with E-state index >= 15 is 0 Å². The molecule has 66 valence electrons. The normalized spacial score (nSPS) is 12.8. The molecule has 0 fully saturated rings. The van der Waals surface area contributed by atoms with Gasteiger partial charge < -0.3 is 10.2 Å². The van der Waals surface area contributed by atoms with Crippen molar-refractivity contribution >= 4 is 15.9 Å². The minimum Gasteiger partial charge on any atom is -0.457 e. The maximum Gasteiger partial charge on any atom is 0.173 e. The van der Waals surface area contributed by atoms with Gasteiger partial charge in [-0.2, -0.15) is 0 Å². The van der Waals surface area contributed by atoms with Crippen LogP contribution in [0.4, 0.5) is 0 Å². The molecule has 0 spiro atoms. The van der Waals surface area contributed by atoms with Gasteiger partial charge in [-0.3, -0.25) is 0 Å². The summed E-state index contributed by atoms with van der Waals surface area (Å²) in [7, 11) is 0. The fourth-order valence-electron chi connectivity index (χ4n) is 1.02. The molecular formula is C9H12BrNO. The van der Waals surface area contributed by atoms with Crippen molar-refractivity contribution in [3.05, 3.63) is 35.2 Å². The summed E-state index contributed by atoms with van der Waals surface area (Å²) in [4.78, 5) is 0. The van der Waals surface area contributed by atoms with Gasteiger partial charge in [0.25, 0.3) is 0 Å². The van der Waals surface area contributed by atoms with E-state index in [1.165, 1.54) is 0 Å². The molecule has 1 aromatic rings. The van der Waals surface area contributed by atoms with Crippen LogP contribution >= 0.6 is 15.9 Å². The number of furan rings is 1. The first kappa shape index (κ1) is 9.55. The molecule has 1 heterocycles. The van der Waals surface area contributed by atoms with Crippen molar-refractivity contribution in [1.82, 2.24) is 0 Å². The van der Waals surface area contributed by atoms with Gasteiger partial charge in [-0.05, 0) is 34.8 Å². The molecule has 1 aromatic heterocycles. The van der Waals surface area contributed by atoms with Gasteiger partial charge in [-0.15, -0.1) is 6.58 Å². The van der Waals surface area contributed by atoms with Crippen LogP contribution < -0.4 is 5.73 Å². The van der Waals surface area contributed by atoms with Crippen molar-refractivity contribution < 1.29 is 4.42 Å². The Morgan fingerprint density at radius 2 is 2.50 bits per heavy atom. The fraction of sp³-hybridized carbons (Fsp3) is 0.333. The lowest BCUT2D eigenvalue weighted by Gasteiger charge is -2.07. The second-order valence-electron chi connectivity index (χ2n) is 2.62. The Hall–Kier alpha value is -0.540. The van der Waals surface area contributed by atoms with Crippen LogP contribution in [0.1, 0.15) is 24.4 Å². The number of halogens is 1. The largest absolute Gasteiger partial charge is 0.457 e. The number of hydrogen-bond donors (Lipinski definition) is 1. The summed E-state index contributed by atoms with van der Waals surface area (Å²) in [5.41, 5.74) is 6.91. The zero-order chi connectivity index (χ0) is 8.97. The van der Waals surface area contributed by atoms with Crippen molar-refractivity contribution in [2.45, 2.75) is 18.9 Å². The second kappa shape index (κ2) is 4.48. The highest BCUT2D eigenvalue weighted by Crippen LogP contribution is 2.25. The third-order valence-electron chi connectivity index (χ3n) is 1.73. The lowest BCUT2D eigenvalue weighted by molar-refractivity contribution is 0.528. The molecule has 0 saturated carbocycles. The molecule has 0 radical (unpaired) electrons. The average molecular weight is 230 g/mol. The lowest BCUT2D eigenvalue weighted by Crippen LogP contribution is -2.09. The minimum absolute atomic E-state index is 0.0381. The van der Waals surface area contributed by atoms with Crippen LogP contribution in [0.2, 0.25) is 0 Å². The second-order valence-corrected chi connectivity index (χ2v) is 3.34. The SMILES string of the molecule is C=CCCC(N)c1ccoc1Br. The van der Waals surface area contributed by atoms with Crippen LogP contribution in [0.3, 0.4) is 0 Å². The quantitative estimate of drug-likeness (QED) is 0.807. The molecule has 1 rings (SSSR count). The maximum atomic E-state index is 5.89. The predicted octanol–water partition coefficient (Wildman–Crippen LogP) is 3.01. The molecule has 0 bridgehead atoms. The third-order valence-corrected chi connectivity index (χ3v) is 2.37. The first-order valence-electron chi connectivity index (χ1n) is 3.85. The molecule has 3 heteroatoms. The van der Waals surface area contributed by atoms with E-state index in [0.29, 0.717) is 0 Å². The summed E-state index contributed by atoms with van der Waals surface area (Å²) in [6, 6.07) is 1.92. The maximum absolute atomic E-state index is 5.89. The van der Waals surface area contributed by atoms with Gasteiger partial charge in [0.2, 0.25) is 0 Å². The van der Waals surface area contributed by atoms with E-state index in [9.17, 15) is 0 Å². The van der Waals surface area contributed by atoms with E-state index < -0.39 is 0 Å². The Morgan fingerprint density at radius 3 is 3.00 bits per heavy atom. The molecule has 0 aliphatic carbocycles. The number of nitrogens with two attached hydrogens (primary N) is 1. The highest BCUT2D eigenvalue weighted by Gasteiger charge is 2.10. The molecule has 0 saturated heterocycles. The van der Waals surface area contributed by atoms with Gasteiger partial charge in [-0.1, -0.05) is 6.08 Å². The molecule has 0 amide bonds. The highest BCUT2D eigenvalue weighted by atomic mass is 79.9. The molecule has 0 aliphatic heterocycles. The topological polar surface area (TPSA) is 39.2 Å². The Bertz CT molecular complexity index is 257. The Labute approximate surface area is 80.6 Å². The van der Waals surface area contributed by atoms with E-state index in [1.54, 1.807) is 6.26 Å². The molecular weight excluding hydrogens is 218 g/mol. The van der Waals surface area contributed by atoms with E-state index in [4.69, 9.17) is 10.2 Å². The van der Waals surface area contributed by atoms with Crippen LogP contribution in [-0.4, -0.2) is 0 Å². The number of hydrogen-bond acceptors (Lipinski definition) is 2. The minimum atomic E-state index is 0.0381. The molecule has 1 atom stereocenters. The standard InChI is InChI=1S/C9H12BrNO/c1-2-3-4-8(11)7-5-6-12-9(7)10/h2,5-6,8H,1,3-4,11H2. The van der Waals surface area contributed by atoms with Gasteiger partial charge in [0.1, 0.15) is 0 Å². The van der Waals surface area contributed by atoms with Crippen LogP contribution in [0.25, 0.3) is 0 Å². The average Bonchev–Trinajstić information content (AvgIpc) is 2.47.